The average Bonchev–Trinajstić information content (AvgIpc) is 2.74. The third-order valence-electron chi connectivity index (χ3n) is 4.36. The highest BCUT2D eigenvalue weighted by atomic mass is 32.1. The number of nitrogens with zero attached hydrogens (tertiary/aromatic N) is 1. The molecule has 0 amide bonds. The second kappa shape index (κ2) is 6.00. The molecule has 1 saturated carbocycles. The van der Waals surface area contributed by atoms with Gasteiger partial charge >= 0.3 is 0 Å². The first-order valence-electron chi connectivity index (χ1n) is 7.58. The zero-order chi connectivity index (χ0) is 13.9. The van der Waals surface area contributed by atoms with Crippen molar-refractivity contribution in [1.82, 2.24) is 9.55 Å². The first-order valence-corrected chi connectivity index (χ1v) is 7.98. The molecule has 1 fully saturated rings. The minimum atomic E-state index is 0.546. The molecule has 0 atom stereocenters. The molecule has 3 rings (SSSR count). The van der Waals surface area contributed by atoms with E-state index >= 15 is 0 Å². The van der Waals surface area contributed by atoms with Crippen LogP contribution in [0, 0.1) is 4.77 Å². The standard InChI is InChI=1S/C16H22N2OS/c1-19-13-9-10-15-14(11-13)17-16(20)18(15)12-7-5-3-2-4-6-8-12/h9-12H,2-8H2,1H3,(H,17,20). The van der Waals surface area contributed by atoms with Crippen LogP contribution in [-0.4, -0.2) is 16.7 Å². The molecule has 1 aromatic heterocycles. The van der Waals surface area contributed by atoms with Crippen molar-refractivity contribution in [2.24, 2.45) is 0 Å². The van der Waals surface area contributed by atoms with Crippen molar-refractivity contribution in [1.29, 1.82) is 0 Å². The van der Waals surface area contributed by atoms with Crippen LogP contribution < -0.4 is 4.74 Å². The Kier molecular flexibility index (Phi) is 4.10. The highest BCUT2D eigenvalue weighted by Gasteiger charge is 2.17. The predicted octanol–water partition coefficient (Wildman–Crippen LogP) is 4.99. The van der Waals surface area contributed by atoms with Crippen molar-refractivity contribution in [3.05, 3.63) is 23.0 Å². The Morgan fingerprint density at radius 1 is 1.15 bits per heavy atom. The van der Waals surface area contributed by atoms with E-state index in [2.05, 4.69) is 15.6 Å². The van der Waals surface area contributed by atoms with Crippen LogP contribution in [0.3, 0.4) is 0 Å². The maximum absolute atomic E-state index is 5.56. The molecule has 1 aromatic carbocycles. The first kappa shape index (κ1) is 13.7. The normalized spacial score (nSPS) is 17.9. The lowest BCUT2D eigenvalue weighted by Gasteiger charge is -2.22. The van der Waals surface area contributed by atoms with E-state index < -0.39 is 0 Å². The number of hydrogen-bond acceptors (Lipinski definition) is 2. The molecule has 0 saturated heterocycles. The minimum absolute atomic E-state index is 0.546. The van der Waals surface area contributed by atoms with Gasteiger partial charge in [0.15, 0.2) is 4.77 Å². The average molecular weight is 290 g/mol. The quantitative estimate of drug-likeness (QED) is 0.789. The van der Waals surface area contributed by atoms with E-state index in [1.54, 1.807) is 7.11 Å². The second-order valence-corrected chi connectivity index (χ2v) is 6.07. The van der Waals surface area contributed by atoms with E-state index in [4.69, 9.17) is 17.0 Å². The zero-order valence-electron chi connectivity index (χ0n) is 12.0. The third kappa shape index (κ3) is 2.62. The summed E-state index contributed by atoms with van der Waals surface area (Å²) in [5.41, 5.74) is 2.29. The molecule has 0 radical (unpaired) electrons. The van der Waals surface area contributed by atoms with Crippen molar-refractivity contribution in [3.8, 4) is 5.75 Å². The van der Waals surface area contributed by atoms with Crippen molar-refractivity contribution in [3.63, 3.8) is 0 Å². The predicted molar refractivity (Wildman–Crippen MR) is 85.0 cm³/mol. The molecule has 2 aromatic rings. The number of imidazole rings is 1. The fourth-order valence-corrected chi connectivity index (χ4v) is 3.65. The lowest BCUT2D eigenvalue weighted by atomic mass is 9.96. The number of nitrogens with one attached hydrogen (secondary N) is 1. The number of aromatic amines is 1. The summed E-state index contributed by atoms with van der Waals surface area (Å²) in [6.45, 7) is 0. The highest BCUT2D eigenvalue weighted by Crippen LogP contribution is 2.31. The summed E-state index contributed by atoms with van der Waals surface area (Å²) in [5, 5.41) is 0. The van der Waals surface area contributed by atoms with Gasteiger partial charge in [-0.25, -0.2) is 0 Å². The van der Waals surface area contributed by atoms with E-state index in [-0.39, 0.29) is 0 Å². The number of hydrogen-bond donors (Lipinski definition) is 1. The van der Waals surface area contributed by atoms with E-state index in [1.165, 1.54) is 50.5 Å². The van der Waals surface area contributed by atoms with Crippen LogP contribution in [0.15, 0.2) is 18.2 Å². The molecule has 1 heterocycles. The molecular weight excluding hydrogens is 268 g/mol. The van der Waals surface area contributed by atoms with Crippen LogP contribution in [0.4, 0.5) is 0 Å². The molecule has 1 N–H and O–H groups in total. The minimum Gasteiger partial charge on any atom is -0.497 e. The molecular formula is C16H22N2OS. The van der Waals surface area contributed by atoms with Crippen LogP contribution in [0.25, 0.3) is 11.0 Å². The van der Waals surface area contributed by atoms with Gasteiger partial charge < -0.3 is 14.3 Å². The maximum atomic E-state index is 5.56. The molecule has 3 nitrogen and oxygen atoms in total. The Balaban J connectivity index is 2.01. The summed E-state index contributed by atoms with van der Waals surface area (Å²) >= 11 is 5.56. The van der Waals surface area contributed by atoms with Crippen LogP contribution >= 0.6 is 12.2 Å². The SMILES string of the molecule is COc1ccc2c(c1)[nH]c(=S)n2C1CCCCCCC1. The van der Waals surface area contributed by atoms with Gasteiger partial charge in [0.05, 0.1) is 18.1 Å². The van der Waals surface area contributed by atoms with Gasteiger partial charge in [-0.2, -0.15) is 0 Å². The Labute approximate surface area is 125 Å². The van der Waals surface area contributed by atoms with Crippen molar-refractivity contribution < 1.29 is 4.74 Å². The second-order valence-electron chi connectivity index (χ2n) is 5.68. The summed E-state index contributed by atoms with van der Waals surface area (Å²) in [7, 11) is 1.70. The van der Waals surface area contributed by atoms with E-state index in [9.17, 15) is 0 Å². The van der Waals surface area contributed by atoms with Crippen molar-refractivity contribution in [2.75, 3.05) is 7.11 Å². The van der Waals surface area contributed by atoms with Gasteiger partial charge in [-0.15, -0.1) is 0 Å². The van der Waals surface area contributed by atoms with Gasteiger partial charge in [0.25, 0.3) is 0 Å². The van der Waals surface area contributed by atoms with Gasteiger partial charge in [-0.3, -0.25) is 0 Å². The van der Waals surface area contributed by atoms with Crippen LogP contribution in [-0.2, 0) is 0 Å². The summed E-state index contributed by atoms with van der Waals surface area (Å²) < 4.78 is 8.47. The number of methoxy groups -OCH3 is 1. The van der Waals surface area contributed by atoms with Crippen molar-refractivity contribution in [2.45, 2.75) is 51.0 Å². The van der Waals surface area contributed by atoms with Crippen LogP contribution in [0.5, 0.6) is 5.75 Å². The lowest BCUT2D eigenvalue weighted by molar-refractivity contribution is 0.376. The number of ether oxygens (including phenoxy) is 1. The number of aromatic nitrogens is 2. The fraction of sp³-hybridized carbons (Fsp3) is 0.562. The molecule has 0 aliphatic heterocycles. The summed E-state index contributed by atoms with van der Waals surface area (Å²) in [6.07, 6.45) is 9.23. The van der Waals surface area contributed by atoms with E-state index in [0.717, 1.165) is 16.0 Å². The monoisotopic (exact) mass is 290 g/mol. The Morgan fingerprint density at radius 3 is 2.55 bits per heavy atom. The Morgan fingerprint density at radius 2 is 1.85 bits per heavy atom. The summed E-state index contributed by atoms with van der Waals surface area (Å²) in [6, 6.07) is 6.72. The highest BCUT2D eigenvalue weighted by molar-refractivity contribution is 7.71. The topological polar surface area (TPSA) is 29.9 Å². The van der Waals surface area contributed by atoms with Gasteiger partial charge in [0.1, 0.15) is 5.75 Å². The fourth-order valence-electron chi connectivity index (χ4n) is 3.29. The van der Waals surface area contributed by atoms with Gasteiger partial charge in [-0.1, -0.05) is 32.1 Å². The zero-order valence-corrected chi connectivity index (χ0v) is 12.8. The van der Waals surface area contributed by atoms with E-state index in [0.29, 0.717) is 6.04 Å². The Bertz CT molecular complexity index is 635. The summed E-state index contributed by atoms with van der Waals surface area (Å²) in [5.74, 6) is 0.874. The largest absolute Gasteiger partial charge is 0.497 e. The maximum Gasteiger partial charge on any atom is 0.178 e. The molecule has 0 unspecified atom stereocenters. The van der Waals surface area contributed by atoms with Crippen LogP contribution in [0.1, 0.15) is 51.0 Å². The number of H-pyrrole nitrogens is 1. The summed E-state index contributed by atoms with van der Waals surface area (Å²) in [4.78, 5) is 3.33. The van der Waals surface area contributed by atoms with Gasteiger partial charge in [0.2, 0.25) is 0 Å². The first-order chi connectivity index (χ1) is 9.79. The van der Waals surface area contributed by atoms with Crippen LogP contribution in [0.2, 0.25) is 0 Å². The Hall–Kier alpha value is -1.29. The molecule has 20 heavy (non-hydrogen) atoms. The smallest absolute Gasteiger partial charge is 0.178 e. The third-order valence-corrected chi connectivity index (χ3v) is 4.66. The molecule has 0 spiro atoms. The molecule has 4 heteroatoms. The number of benzene rings is 1. The van der Waals surface area contributed by atoms with Crippen molar-refractivity contribution >= 4 is 23.3 Å². The van der Waals surface area contributed by atoms with E-state index in [1.807, 2.05) is 12.1 Å². The molecule has 108 valence electrons. The lowest BCUT2D eigenvalue weighted by Crippen LogP contribution is -2.11. The number of rotatable bonds is 2. The molecule has 0 bridgehead atoms. The molecule has 1 aliphatic rings. The van der Waals surface area contributed by atoms with Gasteiger partial charge in [-0.05, 0) is 37.2 Å². The number of fused-ring (bicyclic) bond motifs is 1. The molecule has 1 aliphatic carbocycles. The van der Waals surface area contributed by atoms with Gasteiger partial charge in [0, 0.05) is 12.1 Å².